The first-order valence-electron chi connectivity index (χ1n) is 1.90. The van der Waals surface area contributed by atoms with E-state index in [1.54, 1.807) is 6.92 Å². The molecule has 0 spiro atoms. The number of quaternary nitrogens is 1. The Kier molecular flexibility index (Phi) is 3.86. The monoisotopic (exact) mass is 108 g/mol. The van der Waals surface area contributed by atoms with Gasteiger partial charge in [-0.2, -0.15) is 5.21 Å². The highest BCUT2D eigenvalue weighted by Crippen LogP contribution is 1.44. The molecule has 0 aromatic carbocycles. The lowest BCUT2D eigenvalue weighted by molar-refractivity contribution is -1.21. The molecule has 0 amide bonds. The third kappa shape index (κ3) is 5.80. The second-order valence-corrected chi connectivity index (χ2v) is 0.866. The van der Waals surface area contributed by atoms with Gasteiger partial charge >= 0.3 is 0 Å². The Balaban J connectivity index is 2.68. The molecule has 5 heteroatoms. The van der Waals surface area contributed by atoms with Crippen molar-refractivity contribution in [2.75, 3.05) is 6.54 Å². The fourth-order valence-corrected chi connectivity index (χ4v) is 0.134. The van der Waals surface area contributed by atoms with Crippen LogP contribution in [0.3, 0.4) is 0 Å². The molecule has 0 aliphatic heterocycles. The van der Waals surface area contributed by atoms with Crippen LogP contribution in [0.5, 0.6) is 0 Å². The average Bonchev–Trinajstić information content (AvgIpc) is 1.61. The molecule has 7 heavy (non-hydrogen) atoms. The Morgan fingerprint density at radius 1 is 2.00 bits per heavy atom. The van der Waals surface area contributed by atoms with E-state index in [2.05, 4.69) is 10.4 Å². The van der Waals surface area contributed by atoms with E-state index in [9.17, 15) is 5.21 Å². The maximum Gasteiger partial charge on any atom is 0.0240 e. The van der Waals surface area contributed by atoms with E-state index in [0.29, 0.717) is 6.54 Å². The van der Waals surface area contributed by atoms with Crippen LogP contribution in [0.1, 0.15) is 6.92 Å². The highest BCUT2D eigenvalue weighted by molar-refractivity contribution is 4.06. The molecule has 0 aromatic heterocycles. The topological polar surface area (TPSA) is 69.0 Å². The molecule has 0 rings (SSSR count). The molecule has 3 N–H and O–H groups in total. The molecule has 44 valence electrons. The number of hydrogen-bond acceptors (Lipinski definition) is 4. The Labute approximate surface area is 40.9 Å². The summed E-state index contributed by atoms with van der Waals surface area (Å²) in [6, 6.07) is 0. The first-order chi connectivity index (χ1) is 3.27. The summed E-state index contributed by atoms with van der Waals surface area (Å²) in [5.74, 6) is 0. The fraction of sp³-hybridized carbons (Fsp3) is 1.00. The largest absolute Gasteiger partial charge is 0.564 e. The Morgan fingerprint density at radius 2 is 2.57 bits per heavy atom. The molecule has 0 saturated heterocycles. The van der Waals surface area contributed by atoms with Crippen molar-refractivity contribution < 1.29 is 15.5 Å². The van der Waals surface area contributed by atoms with E-state index in [0.717, 1.165) is 0 Å². The van der Waals surface area contributed by atoms with Gasteiger partial charge < -0.3 is 5.21 Å². The van der Waals surface area contributed by atoms with Crippen molar-refractivity contribution in [2.45, 2.75) is 6.92 Å². The van der Waals surface area contributed by atoms with Crippen LogP contribution in [0.15, 0.2) is 0 Å². The minimum Gasteiger partial charge on any atom is -0.564 e. The second kappa shape index (κ2) is 3.97. The van der Waals surface area contributed by atoms with Gasteiger partial charge in [-0.3, -0.25) is 0 Å². The van der Waals surface area contributed by atoms with Crippen LogP contribution in [0.4, 0.5) is 0 Å². The molecule has 0 aliphatic rings. The molecule has 0 radical (unpaired) electrons. The summed E-state index contributed by atoms with van der Waals surface area (Å²) >= 11 is 0. The van der Waals surface area contributed by atoms with E-state index < -0.39 is 5.39 Å². The Hall–Kier alpha value is -0.200. The van der Waals surface area contributed by atoms with Gasteiger partial charge in [-0.1, -0.05) is 17.3 Å². The van der Waals surface area contributed by atoms with Gasteiger partial charge in [0.1, 0.15) is 0 Å². The van der Waals surface area contributed by atoms with E-state index in [1.807, 2.05) is 0 Å². The minimum atomic E-state index is -1.30. The fourth-order valence-electron chi connectivity index (χ4n) is 0.134. The standard InChI is InChI=1S/C2H8N2O3/c1-2-3-7-4(5)6/h3-5H,2H2,1H3. The normalized spacial score (nSPS) is 14.1. The van der Waals surface area contributed by atoms with E-state index in [4.69, 9.17) is 5.21 Å². The van der Waals surface area contributed by atoms with Crippen molar-refractivity contribution in [2.24, 2.45) is 0 Å². The van der Waals surface area contributed by atoms with Crippen LogP contribution in [0.25, 0.3) is 0 Å². The summed E-state index contributed by atoms with van der Waals surface area (Å²) in [5.41, 5.74) is 2.15. The molecular weight excluding hydrogens is 100 g/mol. The molecule has 0 aromatic rings. The first-order valence-corrected chi connectivity index (χ1v) is 1.90. The van der Waals surface area contributed by atoms with Crippen LogP contribution >= 0.6 is 0 Å². The van der Waals surface area contributed by atoms with Crippen LogP contribution < -0.4 is 10.9 Å². The molecule has 0 heterocycles. The summed E-state index contributed by atoms with van der Waals surface area (Å²) < 4.78 is 0. The smallest absolute Gasteiger partial charge is 0.0240 e. The van der Waals surface area contributed by atoms with Gasteiger partial charge in [0.15, 0.2) is 0 Å². The maximum absolute atomic E-state index is 9.47. The number of nitrogens with one attached hydrogen (secondary N) is 2. The molecule has 0 aliphatic carbocycles. The molecule has 1 atom stereocenters. The second-order valence-electron chi connectivity index (χ2n) is 0.866. The lowest BCUT2D eigenvalue weighted by Gasteiger charge is -2.07. The minimum absolute atomic E-state index is 0.492. The van der Waals surface area contributed by atoms with Crippen molar-refractivity contribution in [1.82, 2.24) is 5.48 Å². The number of hydroxylamine groups is 1. The third-order valence-electron chi connectivity index (χ3n) is 0.304. The van der Waals surface area contributed by atoms with Crippen molar-refractivity contribution in [3.8, 4) is 0 Å². The van der Waals surface area contributed by atoms with E-state index >= 15 is 0 Å². The molecule has 5 nitrogen and oxygen atoms in total. The first kappa shape index (κ1) is 6.80. The summed E-state index contributed by atoms with van der Waals surface area (Å²) in [6.45, 7) is 2.23. The molecule has 0 bridgehead atoms. The van der Waals surface area contributed by atoms with E-state index in [1.165, 1.54) is 0 Å². The van der Waals surface area contributed by atoms with Crippen LogP contribution in [0, 0.1) is 5.21 Å². The quantitative estimate of drug-likeness (QED) is 0.374. The molecule has 1 unspecified atom stereocenters. The van der Waals surface area contributed by atoms with Gasteiger partial charge in [0.25, 0.3) is 0 Å². The van der Waals surface area contributed by atoms with Gasteiger partial charge in [-0.05, 0) is 0 Å². The highest BCUT2D eigenvalue weighted by atomic mass is 17.1. The predicted octanol–water partition coefficient (Wildman–Crippen LogP) is -1.79. The van der Waals surface area contributed by atoms with E-state index in [-0.39, 0.29) is 0 Å². The summed E-state index contributed by atoms with van der Waals surface area (Å²) in [7, 11) is 0. The average molecular weight is 108 g/mol. The Morgan fingerprint density at radius 3 is 2.71 bits per heavy atom. The van der Waals surface area contributed by atoms with Crippen molar-refractivity contribution in [3.63, 3.8) is 0 Å². The van der Waals surface area contributed by atoms with Gasteiger partial charge in [0.05, 0.1) is 0 Å². The van der Waals surface area contributed by atoms with Crippen LogP contribution in [0.2, 0.25) is 0 Å². The van der Waals surface area contributed by atoms with Gasteiger partial charge in [0, 0.05) is 6.54 Å². The van der Waals surface area contributed by atoms with Crippen LogP contribution in [-0.4, -0.2) is 11.8 Å². The van der Waals surface area contributed by atoms with Crippen LogP contribution in [-0.2, 0) is 4.94 Å². The molecule has 0 fully saturated rings. The van der Waals surface area contributed by atoms with Crippen molar-refractivity contribution >= 4 is 0 Å². The molecular formula is C2H8N2O3. The SMILES string of the molecule is CCNO[NH+]([O-])O. The van der Waals surface area contributed by atoms with Crippen molar-refractivity contribution in [3.05, 3.63) is 5.21 Å². The predicted molar refractivity (Wildman–Crippen MR) is 20.9 cm³/mol. The zero-order valence-electron chi connectivity index (χ0n) is 3.97. The lowest BCUT2D eigenvalue weighted by Crippen LogP contribution is -3.04. The Bertz CT molecular complexity index is 39.9. The number of rotatable bonds is 3. The maximum atomic E-state index is 9.47. The summed E-state index contributed by atoms with van der Waals surface area (Å²) in [4.78, 5) is 3.86. The zero-order chi connectivity index (χ0) is 5.70. The van der Waals surface area contributed by atoms with Gasteiger partial charge in [-0.15, -0.1) is 5.48 Å². The summed E-state index contributed by atoms with van der Waals surface area (Å²) in [6.07, 6.45) is 0. The lowest BCUT2D eigenvalue weighted by atomic mass is 10.8. The third-order valence-corrected chi connectivity index (χ3v) is 0.304. The zero-order valence-corrected chi connectivity index (χ0v) is 3.97. The molecule has 0 saturated carbocycles. The summed E-state index contributed by atoms with van der Waals surface area (Å²) in [5, 5.41) is 15.9. The van der Waals surface area contributed by atoms with Gasteiger partial charge in [-0.25, -0.2) is 0 Å². The van der Waals surface area contributed by atoms with Gasteiger partial charge in [0.2, 0.25) is 0 Å². The number of hydrogen-bond donors (Lipinski definition) is 3. The van der Waals surface area contributed by atoms with Crippen molar-refractivity contribution in [1.29, 1.82) is 0 Å². The highest BCUT2D eigenvalue weighted by Gasteiger charge is 1.82.